The van der Waals surface area contributed by atoms with Gasteiger partial charge in [0.25, 0.3) is 0 Å². The van der Waals surface area contributed by atoms with Gasteiger partial charge in [-0.05, 0) is 67.3 Å². The van der Waals surface area contributed by atoms with Crippen molar-refractivity contribution in [3.05, 3.63) is 70.9 Å². The summed E-state index contributed by atoms with van der Waals surface area (Å²) in [5, 5.41) is 9.22. The van der Waals surface area contributed by atoms with Crippen LogP contribution in [0.5, 0.6) is 0 Å². The van der Waals surface area contributed by atoms with Crippen molar-refractivity contribution >= 4 is 28.7 Å². The summed E-state index contributed by atoms with van der Waals surface area (Å²) in [5.74, 6) is -0.662. The number of nitrogens with zero attached hydrogens (tertiary/aromatic N) is 4. The number of carbonyl (C=O) groups excluding carboxylic acids is 1. The van der Waals surface area contributed by atoms with Crippen LogP contribution in [-0.2, 0) is 17.5 Å². The van der Waals surface area contributed by atoms with E-state index in [4.69, 9.17) is 10.5 Å². The van der Waals surface area contributed by atoms with Gasteiger partial charge in [-0.3, -0.25) is 4.90 Å². The molecule has 3 heterocycles. The summed E-state index contributed by atoms with van der Waals surface area (Å²) >= 11 is 0. The van der Waals surface area contributed by atoms with Crippen LogP contribution in [0.15, 0.2) is 42.7 Å². The van der Waals surface area contributed by atoms with E-state index in [9.17, 15) is 22.4 Å². The van der Waals surface area contributed by atoms with Crippen LogP contribution < -0.4 is 16.4 Å². The third-order valence-corrected chi connectivity index (χ3v) is 7.11. The Bertz CT molecular complexity index is 1590. The Morgan fingerprint density at radius 1 is 1.07 bits per heavy atom. The van der Waals surface area contributed by atoms with E-state index in [0.717, 1.165) is 48.5 Å². The standard InChI is InChI=1S/C28H29F4N7O2/c1-16-12-18(4-7-21(16)36-27(40)37-22-13-19(28(30,31)32)5-6-20(22)29)24-17(2)23(14-38-8-3-10-41-11-9-38)39-25(24)26(33)34-15-35-39/h4-7,12-13,15H,3,8-11,14H2,1-2H3,(H2,33,34,35)(H2,36,37,40). The number of aromatic nitrogens is 3. The Morgan fingerprint density at radius 2 is 1.85 bits per heavy atom. The maximum Gasteiger partial charge on any atom is 0.416 e. The van der Waals surface area contributed by atoms with Gasteiger partial charge in [0.1, 0.15) is 17.7 Å². The molecule has 41 heavy (non-hydrogen) atoms. The molecular weight excluding hydrogens is 542 g/mol. The fourth-order valence-electron chi connectivity index (χ4n) is 5.03. The lowest BCUT2D eigenvalue weighted by atomic mass is 9.99. The van der Waals surface area contributed by atoms with E-state index in [0.29, 0.717) is 53.9 Å². The second kappa shape index (κ2) is 11.3. The number of rotatable bonds is 5. The first-order chi connectivity index (χ1) is 19.5. The predicted octanol–water partition coefficient (Wildman–Crippen LogP) is 5.62. The average molecular weight is 572 g/mol. The van der Waals surface area contributed by atoms with Crippen molar-refractivity contribution < 1.29 is 27.1 Å². The molecule has 0 bridgehead atoms. The van der Waals surface area contributed by atoms with Crippen molar-refractivity contribution in [1.29, 1.82) is 0 Å². The molecule has 9 nitrogen and oxygen atoms in total. The zero-order chi connectivity index (χ0) is 29.3. The number of halogens is 4. The fraction of sp³-hybridized carbons (Fsp3) is 0.321. The van der Waals surface area contributed by atoms with Crippen LogP contribution in [-0.4, -0.2) is 51.8 Å². The number of nitrogens with two attached hydrogens (primary N) is 1. The monoisotopic (exact) mass is 571 g/mol. The number of fused-ring (bicyclic) bond motifs is 1. The number of benzene rings is 2. The first-order valence-corrected chi connectivity index (χ1v) is 13.0. The average Bonchev–Trinajstić information content (AvgIpc) is 3.05. The van der Waals surface area contributed by atoms with Crippen LogP contribution in [0.1, 0.15) is 28.8 Å². The minimum Gasteiger partial charge on any atom is -0.382 e. The molecular formula is C28H29F4N7O2. The SMILES string of the molecule is Cc1cc(-c2c(C)c(CN3CCCOCC3)n3ncnc(N)c23)ccc1NC(=O)Nc1cc(C(F)(F)F)ccc1F. The molecule has 2 aromatic carbocycles. The number of anilines is 3. The minimum atomic E-state index is -4.68. The van der Waals surface area contributed by atoms with Crippen LogP contribution in [0, 0.1) is 19.7 Å². The Balaban J connectivity index is 1.42. The summed E-state index contributed by atoms with van der Waals surface area (Å²) in [4.78, 5) is 19.1. The fourth-order valence-corrected chi connectivity index (χ4v) is 5.03. The van der Waals surface area contributed by atoms with E-state index in [1.54, 1.807) is 19.1 Å². The van der Waals surface area contributed by atoms with Gasteiger partial charge < -0.3 is 21.1 Å². The third-order valence-electron chi connectivity index (χ3n) is 7.11. The molecule has 2 aromatic heterocycles. The van der Waals surface area contributed by atoms with Crippen molar-refractivity contribution in [2.45, 2.75) is 33.0 Å². The molecule has 5 rings (SSSR count). The molecule has 0 saturated carbocycles. The number of amides is 2. The van der Waals surface area contributed by atoms with Crippen molar-refractivity contribution in [1.82, 2.24) is 19.5 Å². The van der Waals surface area contributed by atoms with E-state index in [2.05, 4.69) is 25.6 Å². The summed E-state index contributed by atoms with van der Waals surface area (Å²) < 4.78 is 60.6. The molecule has 0 aliphatic carbocycles. The van der Waals surface area contributed by atoms with Gasteiger partial charge in [0.15, 0.2) is 5.82 Å². The highest BCUT2D eigenvalue weighted by atomic mass is 19.4. The molecule has 4 N–H and O–H groups in total. The largest absolute Gasteiger partial charge is 0.416 e. The lowest BCUT2D eigenvalue weighted by Crippen LogP contribution is -2.27. The molecule has 1 fully saturated rings. The van der Waals surface area contributed by atoms with Gasteiger partial charge >= 0.3 is 12.2 Å². The van der Waals surface area contributed by atoms with E-state index in [1.165, 1.54) is 6.33 Å². The molecule has 4 aromatic rings. The Hall–Kier alpha value is -4.23. The summed E-state index contributed by atoms with van der Waals surface area (Å²) in [7, 11) is 0. The van der Waals surface area contributed by atoms with Gasteiger partial charge in [0.05, 0.1) is 23.6 Å². The summed E-state index contributed by atoms with van der Waals surface area (Å²) in [6, 6.07) is 6.26. The van der Waals surface area contributed by atoms with Crippen molar-refractivity contribution in [2.24, 2.45) is 0 Å². The van der Waals surface area contributed by atoms with Crippen LogP contribution >= 0.6 is 0 Å². The molecule has 1 aliphatic rings. The first kappa shape index (κ1) is 28.3. The number of aryl methyl sites for hydroxylation is 1. The van der Waals surface area contributed by atoms with Crippen molar-refractivity contribution in [2.75, 3.05) is 42.7 Å². The maximum atomic E-state index is 14.1. The molecule has 0 radical (unpaired) electrons. The molecule has 0 atom stereocenters. The molecule has 2 amide bonds. The predicted molar refractivity (Wildman–Crippen MR) is 147 cm³/mol. The van der Waals surface area contributed by atoms with Gasteiger partial charge in [-0.15, -0.1) is 0 Å². The van der Waals surface area contributed by atoms with E-state index in [-0.39, 0.29) is 0 Å². The smallest absolute Gasteiger partial charge is 0.382 e. The second-order valence-electron chi connectivity index (χ2n) is 9.90. The lowest BCUT2D eigenvalue weighted by molar-refractivity contribution is -0.137. The number of carbonyl (C=O) groups is 1. The van der Waals surface area contributed by atoms with E-state index in [1.807, 2.05) is 17.5 Å². The quantitative estimate of drug-likeness (QED) is 0.268. The van der Waals surface area contributed by atoms with Crippen LogP contribution in [0.25, 0.3) is 16.6 Å². The van der Waals surface area contributed by atoms with Crippen molar-refractivity contribution in [3.8, 4) is 11.1 Å². The molecule has 13 heteroatoms. The summed E-state index contributed by atoms with van der Waals surface area (Å²) in [5.41, 5.74) is 10.0. The number of nitrogens with one attached hydrogen (secondary N) is 2. The zero-order valence-electron chi connectivity index (χ0n) is 22.5. The molecule has 1 saturated heterocycles. The summed E-state index contributed by atoms with van der Waals surface area (Å²) in [6.45, 7) is 7.52. The number of ether oxygens (including phenoxy) is 1. The highest BCUT2D eigenvalue weighted by Gasteiger charge is 2.31. The molecule has 0 unspecified atom stereocenters. The van der Waals surface area contributed by atoms with E-state index >= 15 is 0 Å². The van der Waals surface area contributed by atoms with Gasteiger partial charge in [-0.1, -0.05) is 6.07 Å². The Morgan fingerprint density at radius 3 is 2.61 bits per heavy atom. The molecule has 0 spiro atoms. The summed E-state index contributed by atoms with van der Waals surface area (Å²) in [6.07, 6.45) is -2.32. The Labute approximate surface area is 233 Å². The maximum absolute atomic E-state index is 14.1. The molecule has 1 aliphatic heterocycles. The van der Waals surface area contributed by atoms with Gasteiger partial charge in [0.2, 0.25) is 0 Å². The van der Waals surface area contributed by atoms with Crippen LogP contribution in [0.2, 0.25) is 0 Å². The van der Waals surface area contributed by atoms with Crippen LogP contribution in [0.3, 0.4) is 0 Å². The number of alkyl halides is 3. The number of hydrogen-bond acceptors (Lipinski definition) is 6. The minimum absolute atomic E-state index is 0.325. The van der Waals surface area contributed by atoms with Crippen molar-refractivity contribution in [3.63, 3.8) is 0 Å². The molecule has 216 valence electrons. The topological polar surface area (TPSA) is 110 Å². The second-order valence-corrected chi connectivity index (χ2v) is 9.90. The van der Waals surface area contributed by atoms with Gasteiger partial charge in [-0.25, -0.2) is 18.7 Å². The number of hydrogen-bond donors (Lipinski definition) is 3. The van der Waals surface area contributed by atoms with Gasteiger partial charge in [-0.2, -0.15) is 18.3 Å². The Kier molecular flexibility index (Phi) is 7.82. The number of nitrogen functional groups attached to an aromatic ring is 1. The highest BCUT2D eigenvalue weighted by molar-refractivity contribution is 6.01. The van der Waals surface area contributed by atoms with Gasteiger partial charge in [0, 0.05) is 37.5 Å². The highest BCUT2D eigenvalue weighted by Crippen LogP contribution is 2.37. The normalized spacial score (nSPS) is 14.7. The first-order valence-electron chi connectivity index (χ1n) is 13.0. The lowest BCUT2D eigenvalue weighted by Gasteiger charge is -2.19. The van der Waals surface area contributed by atoms with Crippen LogP contribution in [0.4, 0.5) is 39.5 Å². The number of urea groups is 1. The zero-order valence-corrected chi connectivity index (χ0v) is 22.5. The van der Waals surface area contributed by atoms with E-state index < -0.39 is 29.3 Å². The third kappa shape index (κ3) is 5.95.